The minimum absolute atomic E-state index is 0.0803. The fourth-order valence-corrected chi connectivity index (χ4v) is 5.34. The predicted octanol–water partition coefficient (Wildman–Crippen LogP) is 6.16. The van der Waals surface area contributed by atoms with Gasteiger partial charge >= 0.3 is 0 Å². The van der Waals surface area contributed by atoms with Gasteiger partial charge in [0.15, 0.2) is 5.76 Å². The molecule has 0 radical (unpaired) electrons. The Morgan fingerprint density at radius 2 is 1.94 bits per heavy atom. The number of carbonyl (C=O) groups excluding carboxylic acids is 2. The number of hydrogen-bond acceptors (Lipinski definition) is 7. The van der Waals surface area contributed by atoms with Crippen molar-refractivity contribution in [3.05, 3.63) is 99.6 Å². The standard InChI is InChI=1S/C26H19ClN2O5S/c1-14-24(35-25(28-14)15-7-4-3-5-8-15)22(30)20-21(19-9-6-12-34-19)29(26(32)23(20)31)16-10-11-18(33-2)17(27)13-16/h3-13,21,31H,1-2H3. The number of aliphatic hydroxyl groups is 1. The van der Waals surface area contributed by atoms with Crippen molar-refractivity contribution in [2.24, 2.45) is 0 Å². The molecule has 4 aromatic rings. The van der Waals surface area contributed by atoms with Gasteiger partial charge in [0.05, 0.1) is 34.5 Å². The fourth-order valence-electron chi connectivity index (χ4n) is 4.06. The van der Waals surface area contributed by atoms with Crippen molar-refractivity contribution in [1.29, 1.82) is 0 Å². The number of halogens is 1. The molecule has 2 aromatic carbocycles. The first-order valence-electron chi connectivity index (χ1n) is 10.6. The first kappa shape index (κ1) is 22.9. The quantitative estimate of drug-likeness (QED) is 0.315. The molecule has 1 amide bonds. The Morgan fingerprint density at radius 3 is 2.60 bits per heavy atom. The molecule has 9 heteroatoms. The zero-order valence-electron chi connectivity index (χ0n) is 18.7. The Bertz CT molecular complexity index is 1460. The van der Waals surface area contributed by atoms with Crippen LogP contribution in [0.3, 0.4) is 0 Å². The zero-order valence-corrected chi connectivity index (χ0v) is 20.3. The number of methoxy groups -OCH3 is 1. The van der Waals surface area contributed by atoms with E-state index >= 15 is 0 Å². The molecule has 35 heavy (non-hydrogen) atoms. The number of aliphatic hydroxyl groups excluding tert-OH is 1. The van der Waals surface area contributed by atoms with E-state index in [2.05, 4.69) is 4.98 Å². The van der Waals surface area contributed by atoms with E-state index in [1.165, 1.54) is 29.6 Å². The molecular weight excluding hydrogens is 488 g/mol. The lowest BCUT2D eigenvalue weighted by Crippen LogP contribution is -2.30. The number of aryl methyl sites for hydroxylation is 1. The van der Waals surface area contributed by atoms with Crippen molar-refractivity contribution in [3.8, 4) is 16.3 Å². The number of ether oxygens (including phenoxy) is 1. The summed E-state index contributed by atoms with van der Waals surface area (Å²) in [6.07, 6.45) is 1.45. The van der Waals surface area contributed by atoms with Gasteiger partial charge in [-0.25, -0.2) is 4.98 Å². The lowest BCUT2D eigenvalue weighted by Gasteiger charge is -2.25. The Hall–Kier alpha value is -3.88. The van der Waals surface area contributed by atoms with E-state index in [1.54, 1.807) is 37.3 Å². The van der Waals surface area contributed by atoms with E-state index in [4.69, 9.17) is 20.8 Å². The number of Topliss-reactive ketones (excluding diaryl/α,β-unsaturated/α-hetero) is 1. The molecule has 0 fully saturated rings. The van der Waals surface area contributed by atoms with Gasteiger partial charge in [-0.1, -0.05) is 41.9 Å². The average molecular weight is 507 g/mol. The van der Waals surface area contributed by atoms with Crippen LogP contribution in [-0.2, 0) is 4.79 Å². The van der Waals surface area contributed by atoms with Crippen molar-refractivity contribution < 1.29 is 23.8 Å². The second kappa shape index (κ2) is 9.05. The largest absolute Gasteiger partial charge is 0.503 e. The van der Waals surface area contributed by atoms with E-state index in [-0.39, 0.29) is 10.6 Å². The molecule has 5 rings (SSSR count). The van der Waals surface area contributed by atoms with Crippen LogP contribution in [0, 0.1) is 6.92 Å². The van der Waals surface area contributed by atoms with Gasteiger partial charge in [-0.05, 0) is 37.3 Å². The van der Waals surface area contributed by atoms with Gasteiger partial charge in [-0.15, -0.1) is 11.3 Å². The summed E-state index contributed by atoms with van der Waals surface area (Å²) < 4.78 is 10.8. The van der Waals surface area contributed by atoms with Crippen LogP contribution in [0.4, 0.5) is 5.69 Å². The summed E-state index contributed by atoms with van der Waals surface area (Å²) in [5, 5.41) is 11.9. The van der Waals surface area contributed by atoms with Crippen molar-refractivity contribution in [3.63, 3.8) is 0 Å². The second-order valence-electron chi connectivity index (χ2n) is 7.80. The van der Waals surface area contributed by atoms with Crippen LogP contribution >= 0.6 is 22.9 Å². The molecule has 1 aliphatic rings. The number of thiazole rings is 1. The number of carbonyl (C=O) groups is 2. The van der Waals surface area contributed by atoms with Gasteiger partial charge in [-0.3, -0.25) is 14.5 Å². The summed E-state index contributed by atoms with van der Waals surface area (Å²) in [5.74, 6) is -1.11. The van der Waals surface area contributed by atoms with Crippen molar-refractivity contribution in [1.82, 2.24) is 4.98 Å². The first-order valence-corrected chi connectivity index (χ1v) is 11.8. The van der Waals surface area contributed by atoms with Crippen LogP contribution in [0.5, 0.6) is 5.75 Å². The van der Waals surface area contributed by atoms with Crippen molar-refractivity contribution in [2.75, 3.05) is 12.0 Å². The molecule has 3 heterocycles. The molecule has 0 saturated carbocycles. The summed E-state index contributed by atoms with van der Waals surface area (Å²) in [4.78, 5) is 33.3. The summed E-state index contributed by atoms with van der Waals surface area (Å²) in [5.41, 5.74) is 1.68. The zero-order chi connectivity index (χ0) is 24.7. The normalized spacial score (nSPS) is 15.7. The maximum Gasteiger partial charge on any atom is 0.294 e. The summed E-state index contributed by atoms with van der Waals surface area (Å²) in [6, 6.07) is 16.6. The number of ketones is 1. The number of benzene rings is 2. The highest BCUT2D eigenvalue weighted by molar-refractivity contribution is 7.17. The molecule has 1 N–H and O–H groups in total. The molecule has 0 bridgehead atoms. The van der Waals surface area contributed by atoms with Crippen LogP contribution < -0.4 is 9.64 Å². The van der Waals surface area contributed by atoms with Gasteiger partial charge in [-0.2, -0.15) is 0 Å². The van der Waals surface area contributed by atoms with Crippen molar-refractivity contribution in [2.45, 2.75) is 13.0 Å². The maximum absolute atomic E-state index is 13.8. The highest BCUT2D eigenvalue weighted by Crippen LogP contribution is 2.44. The number of rotatable bonds is 6. The Kier molecular flexibility index (Phi) is 5.92. The molecule has 0 aliphatic carbocycles. The highest BCUT2D eigenvalue weighted by atomic mass is 35.5. The molecule has 7 nitrogen and oxygen atoms in total. The Balaban J connectivity index is 1.60. The fraction of sp³-hybridized carbons (Fsp3) is 0.115. The van der Waals surface area contributed by atoms with E-state index < -0.39 is 23.5 Å². The van der Waals surface area contributed by atoms with Gasteiger partial charge in [0, 0.05) is 11.3 Å². The first-order chi connectivity index (χ1) is 16.9. The third kappa shape index (κ3) is 3.90. The minimum Gasteiger partial charge on any atom is -0.503 e. The van der Waals surface area contributed by atoms with E-state index in [1.807, 2.05) is 30.3 Å². The van der Waals surface area contributed by atoms with Gasteiger partial charge < -0.3 is 14.3 Å². The van der Waals surface area contributed by atoms with Crippen LogP contribution in [0.15, 0.2) is 82.7 Å². The number of furan rings is 1. The molecule has 1 atom stereocenters. The molecular formula is C26H19ClN2O5S. The highest BCUT2D eigenvalue weighted by Gasteiger charge is 2.46. The average Bonchev–Trinajstić information content (AvgIpc) is 3.58. The van der Waals surface area contributed by atoms with E-state index in [0.717, 1.165) is 5.56 Å². The molecule has 1 unspecified atom stereocenters. The van der Waals surface area contributed by atoms with Gasteiger partial charge in [0.1, 0.15) is 22.6 Å². The summed E-state index contributed by atoms with van der Waals surface area (Å²) in [6.45, 7) is 1.73. The Labute approximate surface area is 209 Å². The number of amides is 1. The van der Waals surface area contributed by atoms with Crippen LogP contribution in [0.1, 0.15) is 27.2 Å². The molecule has 0 spiro atoms. The number of nitrogens with zero attached hydrogens (tertiary/aromatic N) is 2. The number of hydrogen-bond donors (Lipinski definition) is 1. The van der Waals surface area contributed by atoms with E-state index in [0.29, 0.717) is 32.8 Å². The second-order valence-corrected chi connectivity index (χ2v) is 9.21. The SMILES string of the molecule is COc1ccc(N2C(=O)C(O)=C(C(=O)c3sc(-c4ccccc4)nc3C)C2c2ccco2)cc1Cl. The number of aromatic nitrogens is 1. The summed E-state index contributed by atoms with van der Waals surface area (Å²) >= 11 is 7.52. The Morgan fingerprint density at radius 1 is 1.17 bits per heavy atom. The molecule has 1 aliphatic heterocycles. The maximum atomic E-state index is 13.8. The lowest BCUT2D eigenvalue weighted by atomic mass is 9.99. The predicted molar refractivity (Wildman–Crippen MR) is 133 cm³/mol. The molecule has 0 saturated heterocycles. The number of anilines is 1. The van der Waals surface area contributed by atoms with Gasteiger partial charge in [0.25, 0.3) is 5.91 Å². The van der Waals surface area contributed by atoms with Crippen LogP contribution in [-0.4, -0.2) is 28.9 Å². The van der Waals surface area contributed by atoms with E-state index in [9.17, 15) is 14.7 Å². The molecule has 2 aromatic heterocycles. The van der Waals surface area contributed by atoms with Crippen LogP contribution in [0.25, 0.3) is 10.6 Å². The van der Waals surface area contributed by atoms with Crippen LogP contribution in [0.2, 0.25) is 5.02 Å². The van der Waals surface area contributed by atoms with Gasteiger partial charge in [0.2, 0.25) is 5.78 Å². The third-order valence-electron chi connectivity index (χ3n) is 5.70. The van der Waals surface area contributed by atoms with Crippen molar-refractivity contribution >= 4 is 40.3 Å². The topological polar surface area (TPSA) is 92.9 Å². The molecule has 176 valence electrons. The smallest absolute Gasteiger partial charge is 0.294 e. The lowest BCUT2D eigenvalue weighted by molar-refractivity contribution is -0.117. The monoisotopic (exact) mass is 506 g/mol. The third-order valence-corrected chi connectivity index (χ3v) is 7.20. The summed E-state index contributed by atoms with van der Waals surface area (Å²) in [7, 11) is 1.48. The minimum atomic E-state index is -0.990.